The average molecular weight is 329 g/mol. The van der Waals surface area contributed by atoms with E-state index in [1.165, 1.54) is 6.33 Å². The average Bonchev–Trinajstić information content (AvgIpc) is 2.88. The molecule has 0 aliphatic heterocycles. The molecule has 2 heterocycles. The predicted molar refractivity (Wildman–Crippen MR) is 72.3 cm³/mol. The zero-order valence-electron chi connectivity index (χ0n) is 11.1. The van der Waals surface area contributed by atoms with Gasteiger partial charge >= 0.3 is 0 Å². The van der Waals surface area contributed by atoms with E-state index in [4.69, 9.17) is 16.3 Å². The normalized spacial score (nSPS) is 11.1. The molecule has 3 rings (SSSR count). The number of fused-ring (bicyclic) bond motifs is 1. The monoisotopic (exact) mass is 328 g/mol. The number of hydrogen-bond donors (Lipinski definition) is 0. The van der Waals surface area contributed by atoms with Gasteiger partial charge in [0.05, 0.1) is 17.7 Å². The summed E-state index contributed by atoms with van der Waals surface area (Å²) in [4.78, 5) is 7.75. The third-order valence-corrected chi connectivity index (χ3v) is 3.15. The van der Waals surface area contributed by atoms with Gasteiger partial charge in [0.1, 0.15) is 28.9 Å². The number of rotatable bonds is 3. The standard InChI is InChI=1S/C13H8ClF3N4O/c1-2-22-12-10(9-7(16)3-6(15)4-8(9)17)11(14)20-13-18-5-19-21(12)13/h3-5H,2H2,1H3. The molecule has 2 aromatic heterocycles. The molecule has 0 unspecified atom stereocenters. The maximum atomic E-state index is 14.1. The van der Waals surface area contributed by atoms with Crippen LogP contribution in [-0.4, -0.2) is 26.2 Å². The van der Waals surface area contributed by atoms with Crippen molar-refractivity contribution in [2.75, 3.05) is 6.61 Å². The lowest BCUT2D eigenvalue weighted by Crippen LogP contribution is -2.06. The first-order valence-electron chi connectivity index (χ1n) is 6.19. The number of ether oxygens (including phenoxy) is 1. The van der Waals surface area contributed by atoms with Crippen molar-refractivity contribution in [3.05, 3.63) is 41.1 Å². The SMILES string of the molecule is CCOc1c(-c2c(F)cc(F)cc2F)c(Cl)nc2ncnn12. The van der Waals surface area contributed by atoms with E-state index in [1.807, 2.05) is 0 Å². The number of benzene rings is 1. The Kier molecular flexibility index (Phi) is 3.61. The van der Waals surface area contributed by atoms with E-state index < -0.39 is 23.0 Å². The second-order valence-electron chi connectivity index (χ2n) is 4.23. The van der Waals surface area contributed by atoms with Crippen molar-refractivity contribution in [3.63, 3.8) is 0 Å². The van der Waals surface area contributed by atoms with Crippen LogP contribution in [0.1, 0.15) is 6.92 Å². The van der Waals surface area contributed by atoms with Gasteiger partial charge in [-0.2, -0.15) is 19.6 Å². The van der Waals surface area contributed by atoms with Crippen molar-refractivity contribution in [2.45, 2.75) is 6.92 Å². The molecule has 0 N–H and O–H groups in total. The second-order valence-corrected chi connectivity index (χ2v) is 4.59. The zero-order valence-corrected chi connectivity index (χ0v) is 11.9. The Hall–Kier alpha value is -2.35. The summed E-state index contributed by atoms with van der Waals surface area (Å²) in [6.45, 7) is 1.87. The largest absolute Gasteiger partial charge is 0.477 e. The van der Waals surface area contributed by atoms with Crippen molar-refractivity contribution < 1.29 is 17.9 Å². The molecule has 0 saturated carbocycles. The molecule has 9 heteroatoms. The Bertz CT molecular complexity index is 845. The summed E-state index contributed by atoms with van der Waals surface area (Å²) in [7, 11) is 0. The van der Waals surface area contributed by atoms with Gasteiger partial charge in [-0.05, 0) is 6.92 Å². The smallest absolute Gasteiger partial charge is 0.256 e. The number of halogens is 4. The van der Waals surface area contributed by atoms with Gasteiger partial charge < -0.3 is 4.74 Å². The van der Waals surface area contributed by atoms with Crippen LogP contribution in [0.3, 0.4) is 0 Å². The van der Waals surface area contributed by atoms with Gasteiger partial charge in [-0.1, -0.05) is 11.6 Å². The Morgan fingerprint density at radius 1 is 1.18 bits per heavy atom. The zero-order chi connectivity index (χ0) is 15.9. The summed E-state index contributed by atoms with van der Waals surface area (Å²) in [5, 5.41) is 3.65. The molecule has 0 saturated heterocycles. The molecule has 0 radical (unpaired) electrons. The second kappa shape index (κ2) is 5.45. The minimum Gasteiger partial charge on any atom is -0.477 e. The van der Waals surface area contributed by atoms with Crippen molar-refractivity contribution in [1.29, 1.82) is 0 Å². The highest BCUT2D eigenvalue weighted by molar-refractivity contribution is 6.32. The summed E-state index contributed by atoms with van der Waals surface area (Å²) in [5.41, 5.74) is -0.698. The Morgan fingerprint density at radius 3 is 2.50 bits per heavy atom. The fourth-order valence-corrected chi connectivity index (χ4v) is 2.30. The maximum Gasteiger partial charge on any atom is 0.256 e. The first kappa shape index (κ1) is 14.6. The summed E-state index contributed by atoms with van der Waals surface area (Å²) in [6.07, 6.45) is 1.20. The minimum atomic E-state index is -1.12. The topological polar surface area (TPSA) is 52.3 Å². The highest BCUT2D eigenvalue weighted by atomic mass is 35.5. The third-order valence-electron chi connectivity index (χ3n) is 2.88. The van der Waals surface area contributed by atoms with E-state index in [1.54, 1.807) is 6.92 Å². The molecular weight excluding hydrogens is 321 g/mol. The maximum absolute atomic E-state index is 14.1. The van der Waals surface area contributed by atoms with Gasteiger partial charge in [-0.3, -0.25) is 0 Å². The molecule has 0 fully saturated rings. The van der Waals surface area contributed by atoms with Crippen LogP contribution in [0, 0.1) is 17.5 Å². The fourth-order valence-electron chi connectivity index (χ4n) is 2.05. The lowest BCUT2D eigenvalue weighted by molar-refractivity contribution is 0.318. The molecule has 114 valence electrons. The van der Waals surface area contributed by atoms with E-state index in [0.717, 1.165) is 4.52 Å². The first-order chi connectivity index (χ1) is 10.5. The third kappa shape index (κ3) is 2.25. The van der Waals surface area contributed by atoms with E-state index in [2.05, 4.69) is 15.1 Å². The van der Waals surface area contributed by atoms with Crippen molar-refractivity contribution in [2.24, 2.45) is 0 Å². The molecule has 0 atom stereocenters. The lowest BCUT2D eigenvalue weighted by Gasteiger charge is -2.13. The Balaban J connectivity index is 2.39. The Morgan fingerprint density at radius 2 is 1.86 bits per heavy atom. The van der Waals surface area contributed by atoms with E-state index in [0.29, 0.717) is 12.1 Å². The van der Waals surface area contributed by atoms with Gasteiger partial charge in [0.15, 0.2) is 0 Å². The van der Waals surface area contributed by atoms with Gasteiger partial charge in [0.2, 0.25) is 5.88 Å². The van der Waals surface area contributed by atoms with Gasteiger partial charge in [-0.25, -0.2) is 13.2 Å². The summed E-state index contributed by atoms with van der Waals surface area (Å²) >= 11 is 6.02. The highest BCUT2D eigenvalue weighted by Gasteiger charge is 2.25. The molecule has 1 aromatic carbocycles. The van der Waals surface area contributed by atoms with Crippen LogP contribution in [0.5, 0.6) is 5.88 Å². The summed E-state index contributed by atoms with van der Waals surface area (Å²) in [6, 6.07) is 1.10. The minimum absolute atomic E-state index is 0.0283. The highest BCUT2D eigenvalue weighted by Crippen LogP contribution is 2.38. The van der Waals surface area contributed by atoms with Crippen LogP contribution in [-0.2, 0) is 0 Å². The van der Waals surface area contributed by atoms with Crippen LogP contribution in [0.25, 0.3) is 16.9 Å². The molecule has 0 spiro atoms. The molecule has 0 bridgehead atoms. The Labute approximate surface area is 127 Å². The lowest BCUT2D eigenvalue weighted by atomic mass is 10.1. The molecule has 5 nitrogen and oxygen atoms in total. The van der Waals surface area contributed by atoms with Gasteiger partial charge in [0.25, 0.3) is 5.78 Å². The summed E-state index contributed by atoms with van der Waals surface area (Å²) < 4.78 is 47.8. The van der Waals surface area contributed by atoms with Crippen molar-refractivity contribution in [3.8, 4) is 17.0 Å². The van der Waals surface area contributed by atoms with Crippen LogP contribution < -0.4 is 4.74 Å². The molecule has 0 amide bonds. The molecular formula is C13H8ClF3N4O. The molecule has 0 aliphatic carbocycles. The van der Waals surface area contributed by atoms with Crippen molar-refractivity contribution >= 4 is 17.4 Å². The van der Waals surface area contributed by atoms with Crippen LogP contribution >= 0.6 is 11.6 Å². The van der Waals surface area contributed by atoms with Crippen LogP contribution in [0.15, 0.2) is 18.5 Å². The quantitative estimate of drug-likeness (QED) is 0.692. The number of aromatic nitrogens is 4. The molecule has 3 aromatic rings. The van der Waals surface area contributed by atoms with Crippen LogP contribution in [0.4, 0.5) is 13.2 Å². The van der Waals surface area contributed by atoms with E-state index in [-0.39, 0.29) is 29.0 Å². The summed E-state index contributed by atoms with van der Waals surface area (Å²) in [5.74, 6) is -3.20. The van der Waals surface area contributed by atoms with E-state index in [9.17, 15) is 13.2 Å². The number of nitrogens with zero attached hydrogens (tertiary/aromatic N) is 4. The number of hydrogen-bond acceptors (Lipinski definition) is 4. The van der Waals surface area contributed by atoms with Crippen LogP contribution in [0.2, 0.25) is 5.15 Å². The van der Waals surface area contributed by atoms with E-state index >= 15 is 0 Å². The van der Waals surface area contributed by atoms with Crippen molar-refractivity contribution in [1.82, 2.24) is 19.6 Å². The fraction of sp³-hybridized carbons (Fsp3) is 0.154. The van der Waals surface area contributed by atoms with Gasteiger partial charge in [-0.15, -0.1) is 0 Å². The van der Waals surface area contributed by atoms with Gasteiger partial charge in [0, 0.05) is 12.1 Å². The first-order valence-corrected chi connectivity index (χ1v) is 6.57. The predicted octanol–water partition coefficient (Wildman–Crippen LogP) is 3.26. The molecule has 0 aliphatic rings. The molecule has 22 heavy (non-hydrogen) atoms.